The Bertz CT molecular complexity index is 1080. The lowest BCUT2D eigenvalue weighted by atomic mass is 10.1. The van der Waals surface area contributed by atoms with Gasteiger partial charge >= 0.3 is 0 Å². The van der Waals surface area contributed by atoms with Crippen molar-refractivity contribution >= 4 is 50.7 Å². The van der Waals surface area contributed by atoms with Crippen molar-refractivity contribution in [1.29, 1.82) is 0 Å². The van der Waals surface area contributed by atoms with Gasteiger partial charge in [0, 0.05) is 18.6 Å². The SMILES string of the molecule is CNC(=O)[C@@H](C)N(Cc1ccccc1Cl)C(=O)CN(c1ccc(F)c(Cl)c1)S(C)(=O)=O. The molecule has 7 nitrogen and oxygen atoms in total. The first-order chi connectivity index (χ1) is 14.5. The van der Waals surface area contributed by atoms with Gasteiger partial charge in [0.1, 0.15) is 18.4 Å². The molecule has 2 amide bonds. The van der Waals surface area contributed by atoms with Gasteiger partial charge in [-0.05, 0) is 36.8 Å². The maximum Gasteiger partial charge on any atom is 0.244 e. The van der Waals surface area contributed by atoms with Gasteiger partial charge in [-0.1, -0.05) is 41.4 Å². The molecule has 168 valence electrons. The van der Waals surface area contributed by atoms with E-state index in [1.165, 1.54) is 24.9 Å². The molecule has 0 aliphatic heterocycles. The van der Waals surface area contributed by atoms with Crippen LogP contribution in [0.25, 0.3) is 0 Å². The van der Waals surface area contributed by atoms with Crippen LogP contribution >= 0.6 is 23.2 Å². The van der Waals surface area contributed by atoms with Gasteiger partial charge in [-0.3, -0.25) is 13.9 Å². The third-order valence-corrected chi connectivity index (χ3v) is 6.38. The van der Waals surface area contributed by atoms with E-state index < -0.39 is 40.2 Å². The molecule has 1 atom stereocenters. The minimum absolute atomic E-state index is 0.0190. The fraction of sp³-hybridized carbons (Fsp3) is 0.300. The van der Waals surface area contributed by atoms with Gasteiger partial charge in [-0.2, -0.15) is 0 Å². The molecule has 0 unspecified atom stereocenters. The lowest BCUT2D eigenvalue weighted by Crippen LogP contribution is -2.50. The van der Waals surface area contributed by atoms with Crippen LogP contribution in [-0.2, 0) is 26.2 Å². The number of halogens is 3. The molecule has 2 aromatic rings. The Kier molecular flexibility index (Phi) is 8.27. The zero-order chi connectivity index (χ0) is 23.3. The first-order valence-electron chi connectivity index (χ1n) is 9.13. The van der Waals surface area contributed by atoms with Crippen molar-refractivity contribution in [2.45, 2.75) is 19.5 Å². The number of hydrogen-bond acceptors (Lipinski definition) is 4. The molecule has 0 heterocycles. The fourth-order valence-corrected chi connectivity index (χ4v) is 4.07. The molecule has 0 aromatic heterocycles. The molecule has 1 N–H and O–H groups in total. The summed E-state index contributed by atoms with van der Waals surface area (Å²) in [5.74, 6) is -1.81. The van der Waals surface area contributed by atoms with Crippen LogP contribution in [0.3, 0.4) is 0 Å². The summed E-state index contributed by atoms with van der Waals surface area (Å²) in [7, 11) is -2.50. The summed E-state index contributed by atoms with van der Waals surface area (Å²) in [6.07, 6.45) is 0.915. The number of amides is 2. The third kappa shape index (κ3) is 6.32. The lowest BCUT2D eigenvalue weighted by Gasteiger charge is -2.31. The number of nitrogens with zero attached hydrogens (tertiary/aromatic N) is 2. The zero-order valence-electron chi connectivity index (χ0n) is 17.1. The Labute approximate surface area is 190 Å². The monoisotopic (exact) mass is 489 g/mol. The van der Waals surface area contributed by atoms with Gasteiger partial charge in [0.15, 0.2) is 0 Å². The second-order valence-corrected chi connectivity index (χ2v) is 9.49. The molecule has 0 aliphatic rings. The minimum Gasteiger partial charge on any atom is -0.357 e. The van der Waals surface area contributed by atoms with Crippen LogP contribution < -0.4 is 9.62 Å². The average Bonchev–Trinajstić information content (AvgIpc) is 2.71. The highest BCUT2D eigenvalue weighted by atomic mass is 35.5. The van der Waals surface area contributed by atoms with Crippen molar-refractivity contribution in [3.8, 4) is 0 Å². The molecule has 0 radical (unpaired) electrons. The highest BCUT2D eigenvalue weighted by Crippen LogP contribution is 2.25. The fourth-order valence-electron chi connectivity index (χ4n) is 2.86. The van der Waals surface area contributed by atoms with E-state index in [1.807, 2.05) is 0 Å². The van der Waals surface area contributed by atoms with E-state index in [0.29, 0.717) is 10.6 Å². The van der Waals surface area contributed by atoms with Crippen LogP contribution in [0.2, 0.25) is 10.0 Å². The molecule has 0 fully saturated rings. The van der Waals surface area contributed by atoms with Crippen molar-refractivity contribution < 1.29 is 22.4 Å². The van der Waals surface area contributed by atoms with Gasteiger partial charge in [-0.25, -0.2) is 12.8 Å². The topological polar surface area (TPSA) is 86.8 Å². The molecule has 2 rings (SSSR count). The summed E-state index contributed by atoms with van der Waals surface area (Å²) in [6.45, 7) is 0.884. The van der Waals surface area contributed by atoms with Crippen LogP contribution in [0.5, 0.6) is 0 Å². The van der Waals surface area contributed by atoms with E-state index in [4.69, 9.17) is 23.2 Å². The van der Waals surface area contributed by atoms with E-state index in [2.05, 4.69) is 5.32 Å². The van der Waals surface area contributed by atoms with Crippen molar-refractivity contribution in [2.24, 2.45) is 0 Å². The van der Waals surface area contributed by atoms with E-state index in [0.717, 1.165) is 22.7 Å². The molecule has 0 aliphatic carbocycles. The van der Waals surface area contributed by atoms with Crippen LogP contribution in [0.1, 0.15) is 12.5 Å². The van der Waals surface area contributed by atoms with Crippen molar-refractivity contribution in [3.05, 3.63) is 63.9 Å². The number of carbonyl (C=O) groups excluding carboxylic acids is 2. The van der Waals surface area contributed by atoms with Gasteiger partial charge in [-0.15, -0.1) is 0 Å². The molecule has 31 heavy (non-hydrogen) atoms. The van der Waals surface area contributed by atoms with Crippen LogP contribution in [-0.4, -0.2) is 51.0 Å². The average molecular weight is 490 g/mol. The van der Waals surface area contributed by atoms with Crippen LogP contribution in [0.15, 0.2) is 42.5 Å². The minimum atomic E-state index is -3.93. The summed E-state index contributed by atoms with van der Waals surface area (Å²) < 4.78 is 39.1. The van der Waals surface area contributed by atoms with Crippen molar-refractivity contribution in [3.63, 3.8) is 0 Å². The maximum absolute atomic E-state index is 13.5. The second kappa shape index (κ2) is 10.3. The lowest BCUT2D eigenvalue weighted by molar-refractivity contribution is -0.139. The van der Waals surface area contributed by atoms with Gasteiger partial charge in [0.25, 0.3) is 0 Å². The Hall–Kier alpha value is -2.36. The molecule has 2 aromatic carbocycles. The number of hydrogen-bond donors (Lipinski definition) is 1. The number of carbonyl (C=O) groups is 2. The quantitative estimate of drug-likeness (QED) is 0.617. The molecule has 0 bridgehead atoms. The van der Waals surface area contributed by atoms with E-state index in [1.54, 1.807) is 24.3 Å². The van der Waals surface area contributed by atoms with Gasteiger partial charge in [0.05, 0.1) is 17.0 Å². The predicted octanol–water partition coefficient (Wildman–Crippen LogP) is 3.06. The number of benzene rings is 2. The first-order valence-corrected chi connectivity index (χ1v) is 11.7. The second-order valence-electron chi connectivity index (χ2n) is 6.77. The molecule has 0 saturated heterocycles. The number of nitrogens with one attached hydrogen (secondary N) is 1. The maximum atomic E-state index is 13.5. The van der Waals surface area contributed by atoms with Crippen molar-refractivity contribution in [2.75, 3.05) is 24.2 Å². The highest BCUT2D eigenvalue weighted by Gasteiger charge is 2.30. The largest absolute Gasteiger partial charge is 0.357 e. The Morgan fingerprint density at radius 1 is 1.13 bits per heavy atom. The molecule has 11 heteroatoms. The molecule has 0 spiro atoms. The summed E-state index contributed by atoms with van der Waals surface area (Å²) in [6, 6.07) is 9.23. The van der Waals surface area contributed by atoms with E-state index in [-0.39, 0.29) is 17.3 Å². The molecular weight excluding hydrogens is 468 g/mol. The number of rotatable bonds is 8. The summed E-state index contributed by atoms with van der Waals surface area (Å²) in [4.78, 5) is 26.7. The standard InChI is InChI=1S/C20H22Cl2FN3O4S/c1-13(20(28)24-2)25(11-14-6-4-5-7-16(14)21)19(27)12-26(31(3,29)30)15-8-9-18(23)17(22)10-15/h4-10,13H,11-12H2,1-3H3,(H,24,28)/t13-/m1/s1. The predicted molar refractivity (Wildman–Crippen MR) is 119 cm³/mol. The number of likely N-dealkylation sites (N-methyl/N-ethyl adjacent to an activating group) is 1. The Morgan fingerprint density at radius 2 is 1.77 bits per heavy atom. The highest BCUT2D eigenvalue weighted by molar-refractivity contribution is 7.92. The van der Waals surface area contributed by atoms with Gasteiger partial charge in [0.2, 0.25) is 21.8 Å². The number of anilines is 1. The summed E-state index contributed by atoms with van der Waals surface area (Å²) >= 11 is 12.0. The van der Waals surface area contributed by atoms with Crippen molar-refractivity contribution in [1.82, 2.24) is 10.2 Å². The molecule has 0 saturated carbocycles. The third-order valence-electron chi connectivity index (χ3n) is 4.58. The van der Waals surface area contributed by atoms with E-state index in [9.17, 15) is 22.4 Å². The normalized spacial score (nSPS) is 12.2. The van der Waals surface area contributed by atoms with Crippen LogP contribution in [0.4, 0.5) is 10.1 Å². The van der Waals surface area contributed by atoms with Crippen LogP contribution in [0, 0.1) is 5.82 Å². The number of sulfonamides is 1. The van der Waals surface area contributed by atoms with E-state index >= 15 is 0 Å². The summed E-state index contributed by atoms with van der Waals surface area (Å²) in [5, 5.41) is 2.58. The Balaban J connectivity index is 2.42. The summed E-state index contributed by atoms with van der Waals surface area (Å²) in [5.41, 5.74) is 0.608. The zero-order valence-corrected chi connectivity index (χ0v) is 19.4. The Morgan fingerprint density at radius 3 is 2.32 bits per heavy atom. The molecular formula is C20H22Cl2FN3O4S. The smallest absolute Gasteiger partial charge is 0.244 e. The first kappa shape index (κ1) is 24.9. The van der Waals surface area contributed by atoms with Gasteiger partial charge < -0.3 is 10.2 Å².